The summed E-state index contributed by atoms with van der Waals surface area (Å²) in [6.45, 7) is 3.94. The van der Waals surface area contributed by atoms with E-state index in [-0.39, 0.29) is 12.1 Å². The van der Waals surface area contributed by atoms with Gasteiger partial charge in [-0.2, -0.15) is 5.10 Å². The smallest absolute Gasteiger partial charge is 0.319 e. The lowest BCUT2D eigenvalue weighted by Crippen LogP contribution is -2.32. The van der Waals surface area contributed by atoms with Crippen LogP contribution in [0.25, 0.3) is 10.9 Å². The summed E-state index contributed by atoms with van der Waals surface area (Å²) in [6, 6.07) is 5.30. The number of hydrogen-bond donors (Lipinski definition) is 3. The molecule has 0 saturated heterocycles. The number of carbonyl (C=O) groups excluding carboxylic acids is 1. The number of aromatic nitrogens is 4. The van der Waals surface area contributed by atoms with Crippen molar-refractivity contribution in [1.29, 1.82) is 0 Å². The fourth-order valence-electron chi connectivity index (χ4n) is 2.52. The van der Waals surface area contributed by atoms with Crippen LogP contribution < -0.4 is 10.6 Å². The van der Waals surface area contributed by atoms with Gasteiger partial charge in [0.05, 0.1) is 17.8 Å². The summed E-state index contributed by atoms with van der Waals surface area (Å²) in [4.78, 5) is 19.7. The molecule has 0 fully saturated rings. The number of amides is 2. The molecule has 0 bridgehead atoms. The molecule has 1 aromatic carbocycles. The van der Waals surface area contributed by atoms with Gasteiger partial charge in [-0.15, -0.1) is 0 Å². The van der Waals surface area contributed by atoms with E-state index in [1.54, 1.807) is 17.1 Å². The Kier molecular flexibility index (Phi) is 4.01. The second-order valence-electron chi connectivity index (χ2n) is 5.55. The Morgan fingerprint density at radius 3 is 2.91 bits per heavy atom. The number of rotatable bonds is 4. The van der Waals surface area contributed by atoms with Crippen LogP contribution in [0.5, 0.6) is 0 Å². The van der Waals surface area contributed by atoms with Crippen LogP contribution in [-0.4, -0.2) is 25.8 Å². The van der Waals surface area contributed by atoms with Crippen molar-refractivity contribution >= 4 is 22.6 Å². The Morgan fingerprint density at radius 1 is 1.39 bits per heavy atom. The van der Waals surface area contributed by atoms with E-state index in [2.05, 4.69) is 25.7 Å². The van der Waals surface area contributed by atoms with Crippen molar-refractivity contribution in [2.75, 3.05) is 5.32 Å². The van der Waals surface area contributed by atoms with E-state index < -0.39 is 0 Å². The fourth-order valence-corrected chi connectivity index (χ4v) is 2.52. The van der Waals surface area contributed by atoms with Crippen LogP contribution in [0, 0.1) is 6.92 Å². The number of hydrogen-bond acceptors (Lipinski definition) is 3. The maximum atomic E-state index is 12.2. The zero-order valence-electron chi connectivity index (χ0n) is 13.4. The predicted molar refractivity (Wildman–Crippen MR) is 89.2 cm³/mol. The van der Waals surface area contributed by atoms with Crippen LogP contribution in [0.4, 0.5) is 10.5 Å². The largest absolute Gasteiger partial charge is 0.344 e. The number of benzene rings is 1. The number of H-pyrrole nitrogens is 1. The van der Waals surface area contributed by atoms with Crippen LogP contribution in [0.1, 0.15) is 30.9 Å². The highest BCUT2D eigenvalue weighted by Crippen LogP contribution is 2.19. The summed E-state index contributed by atoms with van der Waals surface area (Å²) in [5.41, 5.74) is 2.67. The Labute approximate surface area is 134 Å². The Hall–Kier alpha value is -2.83. The topological polar surface area (TPSA) is 87.6 Å². The van der Waals surface area contributed by atoms with Crippen molar-refractivity contribution in [2.24, 2.45) is 7.05 Å². The molecule has 2 amide bonds. The average Bonchev–Trinajstić information content (AvgIpc) is 3.12. The van der Waals surface area contributed by atoms with Gasteiger partial charge in [0, 0.05) is 30.0 Å². The van der Waals surface area contributed by atoms with Gasteiger partial charge in [-0.05, 0) is 31.5 Å². The first-order valence-electron chi connectivity index (χ1n) is 7.57. The minimum absolute atomic E-state index is 0.149. The third-order valence-corrected chi connectivity index (χ3v) is 3.77. The summed E-state index contributed by atoms with van der Waals surface area (Å²) in [5.74, 6) is 0.766. The SMILES string of the molecule is CC[C@H](NC(=O)Nc1ccc2cnn(C)c2c1)c1ncc(C)[nH]1. The average molecular weight is 312 g/mol. The molecule has 3 rings (SSSR count). The molecular weight excluding hydrogens is 292 g/mol. The predicted octanol–water partition coefficient (Wildman–Crippen LogP) is 2.88. The number of anilines is 1. The molecular formula is C16H20N6O. The number of nitrogens with one attached hydrogen (secondary N) is 3. The van der Waals surface area contributed by atoms with Crippen LogP contribution >= 0.6 is 0 Å². The highest BCUT2D eigenvalue weighted by molar-refractivity contribution is 5.92. The molecule has 0 aliphatic rings. The Morgan fingerprint density at radius 2 is 2.22 bits per heavy atom. The quantitative estimate of drug-likeness (QED) is 0.692. The lowest BCUT2D eigenvalue weighted by molar-refractivity contribution is 0.247. The molecule has 7 heteroatoms. The fraction of sp³-hybridized carbons (Fsp3) is 0.312. The molecule has 23 heavy (non-hydrogen) atoms. The molecule has 120 valence electrons. The van der Waals surface area contributed by atoms with Crippen molar-refractivity contribution in [2.45, 2.75) is 26.3 Å². The minimum atomic E-state index is -0.257. The first-order valence-corrected chi connectivity index (χ1v) is 7.57. The lowest BCUT2D eigenvalue weighted by Gasteiger charge is -2.15. The third kappa shape index (κ3) is 3.18. The number of carbonyl (C=O) groups is 1. The van der Waals surface area contributed by atoms with Crippen molar-refractivity contribution in [1.82, 2.24) is 25.1 Å². The van der Waals surface area contributed by atoms with E-state index in [1.165, 1.54) is 0 Å². The molecule has 0 radical (unpaired) electrons. The zero-order chi connectivity index (χ0) is 16.4. The molecule has 7 nitrogen and oxygen atoms in total. The van der Waals surface area contributed by atoms with E-state index in [4.69, 9.17) is 0 Å². The first-order chi connectivity index (χ1) is 11.1. The van der Waals surface area contributed by atoms with Gasteiger partial charge in [-0.3, -0.25) is 4.68 Å². The maximum absolute atomic E-state index is 12.2. The van der Waals surface area contributed by atoms with E-state index in [0.29, 0.717) is 0 Å². The highest BCUT2D eigenvalue weighted by Gasteiger charge is 2.15. The summed E-state index contributed by atoms with van der Waals surface area (Å²) in [7, 11) is 1.87. The van der Waals surface area contributed by atoms with Crippen LogP contribution in [0.2, 0.25) is 0 Å². The Balaban J connectivity index is 1.71. The lowest BCUT2D eigenvalue weighted by atomic mass is 10.2. The minimum Gasteiger partial charge on any atom is -0.344 e. The zero-order valence-corrected chi connectivity index (χ0v) is 13.4. The molecule has 0 unspecified atom stereocenters. The normalized spacial score (nSPS) is 12.3. The monoisotopic (exact) mass is 312 g/mol. The molecule has 0 spiro atoms. The van der Waals surface area contributed by atoms with E-state index in [0.717, 1.165) is 34.5 Å². The number of urea groups is 1. The molecule has 2 aromatic heterocycles. The van der Waals surface area contributed by atoms with Crippen LogP contribution in [0.15, 0.2) is 30.6 Å². The van der Waals surface area contributed by atoms with Gasteiger partial charge in [-0.25, -0.2) is 9.78 Å². The van der Waals surface area contributed by atoms with Gasteiger partial charge >= 0.3 is 6.03 Å². The molecule has 3 aromatic rings. The van der Waals surface area contributed by atoms with Gasteiger partial charge in [0.15, 0.2) is 0 Å². The van der Waals surface area contributed by atoms with E-state index in [9.17, 15) is 4.79 Å². The number of aryl methyl sites for hydroxylation is 2. The van der Waals surface area contributed by atoms with E-state index in [1.807, 2.05) is 39.1 Å². The standard InChI is InChI=1S/C16H20N6O/c1-4-13(15-17-8-10(2)19-15)21-16(23)20-12-6-5-11-9-18-22(3)14(11)7-12/h5-9,13H,4H2,1-3H3,(H,17,19)(H2,20,21,23)/t13-/m0/s1. The maximum Gasteiger partial charge on any atom is 0.319 e. The van der Waals surface area contributed by atoms with Crippen LogP contribution in [0.3, 0.4) is 0 Å². The molecule has 3 N–H and O–H groups in total. The number of nitrogens with zero attached hydrogens (tertiary/aromatic N) is 3. The van der Waals surface area contributed by atoms with Crippen molar-refractivity contribution in [3.8, 4) is 0 Å². The van der Waals surface area contributed by atoms with E-state index >= 15 is 0 Å². The Bertz CT molecular complexity index is 834. The van der Waals surface area contributed by atoms with Gasteiger partial charge in [-0.1, -0.05) is 6.92 Å². The second-order valence-corrected chi connectivity index (χ2v) is 5.55. The van der Waals surface area contributed by atoms with Gasteiger partial charge in [0.2, 0.25) is 0 Å². The second kappa shape index (κ2) is 6.12. The number of imidazole rings is 1. The van der Waals surface area contributed by atoms with Gasteiger partial charge in [0.25, 0.3) is 0 Å². The van der Waals surface area contributed by atoms with Gasteiger partial charge in [0.1, 0.15) is 5.82 Å². The number of fused-ring (bicyclic) bond motifs is 1. The molecule has 1 atom stereocenters. The summed E-state index contributed by atoms with van der Waals surface area (Å²) < 4.78 is 1.78. The van der Waals surface area contributed by atoms with Crippen LogP contribution in [-0.2, 0) is 7.05 Å². The number of aromatic amines is 1. The third-order valence-electron chi connectivity index (χ3n) is 3.77. The summed E-state index contributed by atoms with van der Waals surface area (Å²) >= 11 is 0. The first kappa shape index (κ1) is 15.1. The summed E-state index contributed by atoms with van der Waals surface area (Å²) in [6.07, 6.45) is 4.31. The highest BCUT2D eigenvalue weighted by atomic mass is 16.2. The molecule has 0 aliphatic heterocycles. The van der Waals surface area contributed by atoms with Crippen molar-refractivity contribution in [3.63, 3.8) is 0 Å². The van der Waals surface area contributed by atoms with Crippen molar-refractivity contribution in [3.05, 3.63) is 42.1 Å². The molecule has 0 aliphatic carbocycles. The molecule has 2 heterocycles. The summed E-state index contributed by atoms with van der Waals surface area (Å²) in [5, 5.41) is 11.0. The van der Waals surface area contributed by atoms with Crippen molar-refractivity contribution < 1.29 is 4.79 Å². The van der Waals surface area contributed by atoms with Gasteiger partial charge < -0.3 is 15.6 Å². The molecule has 0 saturated carbocycles.